The van der Waals surface area contributed by atoms with Crippen LogP contribution in [0.5, 0.6) is 0 Å². The number of rotatable bonds is 5. The van der Waals surface area contributed by atoms with E-state index >= 15 is 4.39 Å². The Bertz CT molecular complexity index is 1300. The molecular formula is C23H27FN4O3. The monoisotopic (exact) mass is 426 g/mol. The van der Waals surface area contributed by atoms with Crippen LogP contribution in [0.1, 0.15) is 63.4 Å². The van der Waals surface area contributed by atoms with Crippen molar-refractivity contribution in [2.75, 3.05) is 0 Å². The lowest BCUT2D eigenvalue weighted by molar-refractivity contribution is 0.264. The summed E-state index contributed by atoms with van der Waals surface area (Å²) in [6.07, 6.45) is 4.56. The molecule has 0 spiro atoms. The number of fused-ring (bicyclic) bond motifs is 1. The van der Waals surface area contributed by atoms with Gasteiger partial charge in [0.15, 0.2) is 5.82 Å². The minimum atomic E-state index is -0.713. The fourth-order valence-corrected chi connectivity index (χ4v) is 4.51. The molecule has 1 aliphatic carbocycles. The zero-order chi connectivity index (χ0) is 22.4. The van der Waals surface area contributed by atoms with Crippen LogP contribution in [0.2, 0.25) is 0 Å². The fraction of sp³-hybridized carbons (Fsp3) is 0.435. The van der Waals surface area contributed by atoms with E-state index in [9.17, 15) is 14.7 Å². The average Bonchev–Trinajstić information content (AvgIpc) is 3.30. The predicted molar refractivity (Wildman–Crippen MR) is 117 cm³/mol. The smallest absolute Gasteiger partial charge is 0.350 e. The first-order valence-corrected chi connectivity index (χ1v) is 10.6. The number of allylic oxidation sites excluding steroid dienone is 1. The van der Waals surface area contributed by atoms with Gasteiger partial charge in [0.2, 0.25) is 0 Å². The Hall–Kier alpha value is -3.00. The highest BCUT2D eigenvalue weighted by molar-refractivity contribution is 5.87. The number of pyridine rings is 1. The molecule has 8 heteroatoms. The third-order valence-corrected chi connectivity index (χ3v) is 6.17. The standard InChI is InChI=1S/C23H27FN4O3/c1-5-26-21(12-29)25-28(23(26)31)20-10-15-16(9-18(20)24)22(30)27(11-17(15)13(2)3)19-8-6-7-14(19)4/h9-11,13,19,29H,4-8,12H2,1-3H3/t19-/m1/s1. The Kier molecular flexibility index (Phi) is 5.43. The summed E-state index contributed by atoms with van der Waals surface area (Å²) in [5, 5.41) is 14.5. The van der Waals surface area contributed by atoms with Gasteiger partial charge < -0.3 is 9.67 Å². The van der Waals surface area contributed by atoms with Gasteiger partial charge in [-0.3, -0.25) is 9.36 Å². The average molecular weight is 426 g/mol. The Morgan fingerprint density at radius 3 is 2.58 bits per heavy atom. The molecule has 2 heterocycles. The first-order chi connectivity index (χ1) is 14.8. The van der Waals surface area contributed by atoms with Crippen LogP contribution in [0.3, 0.4) is 0 Å². The number of hydrogen-bond donors (Lipinski definition) is 1. The summed E-state index contributed by atoms with van der Waals surface area (Å²) in [5.41, 5.74) is 1.07. The van der Waals surface area contributed by atoms with Gasteiger partial charge in [-0.2, -0.15) is 4.68 Å². The summed E-state index contributed by atoms with van der Waals surface area (Å²) in [6, 6.07) is 2.64. The Morgan fingerprint density at radius 1 is 1.29 bits per heavy atom. The van der Waals surface area contributed by atoms with Crippen molar-refractivity contribution < 1.29 is 9.50 Å². The molecule has 0 unspecified atom stereocenters. The summed E-state index contributed by atoms with van der Waals surface area (Å²) >= 11 is 0. The first kappa shape index (κ1) is 21.2. The summed E-state index contributed by atoms with van der Waals surface area (Å²) < 4.78 is 19.1. The lowest BCUT2D eigenvalue weighted by Gasteiger charge is -2.20. The number of nitrogens with zero attached hydrogens (tertiary/aromatic N) is 4. The second-order valence-corrected chi connectivity index (χ2v) is 8.38. The van der Waals surface area contributed by atoms with Crippen LogP contribution in [0.4, 0.5) is 4.39 Å². The molecule has 7 nitrogen and oxygen atoms in total. The van der Waals surface area contributed by atoms with Crippen molar-refractivity contribution in [3.8, 4) is 5.69 Å². The third-order valence-electron chi connectivity index (χ3n) is 6.17. The summed E-state index contributed by atoms with van der Waals surface area (Å²) in [5.74, 6) is -0.485. The lowest BCUT2D eigenvalue weighted by atomic mass is 9.97. The van der Waals surface area contributed by atoms with Gasteiger partial charge >= 0.3 is 5.69 Å². The van der Waals surface area contributed by atoms with E-state index in [0.717, 1.165) is 35.1 Å². The second kappa shape index (κ2) is 7.92. The maximum absolute atomic E-state index is 15.2. The van der Waals surface area contributed by atoms with Crippen molar-refractivity contribution in [3.63, 3.8) is 0 Å². The molecule has 31 heavy (non-hydrogen) atoms. The van der Waals surface area contributed by atoms with Crippen LogP contribution in [0, 0.1) is 5.82 Å². The number of aliphatic hydroxyl groups excluding tert-OH is 1. The number of aliphatic hydroxyl groups is 1. The van der Waals surface area contributed by atoms with E-state index in [2.05, 4.69) is 11.7 Å². The van der Waals surface area contributed by atoms with Gasteiger partial charge in [-0.25, -0.2) is 9.18 Å². The minimum absolute atomic E-state index is 0.0382. The molecule has 2 aromatic heterocycles. The van der Waals surface area contributed by atoms with E-state index in [1.807, 2.05) is 20.0 Å². The van der Waals surface area contributed by atoms with Crippen molar-refractivity contribution in [2.24, 2.45) is 0 Å². The topological polar surface area (TPSA) is 82.1 Å². The van der Waals surface area contributed by atoms with Crippen LogP contribution >= 0.6 is 0 Å². The maximum atomic E-state index is 15.2. The molecule has 164 valence electrons. The Labute approximate surface area is 179 Å². The highest BCUT2D eigenvalue weighted by Gasteiger charge is 2.25. The van der Waals surface area contributed by atoms with Crippen LogP contribution < -0.4 is 11.2 Å². The largest absolute Gasteiger partial charge is 0.388 e. The fourth-order valence-electron chi connectivity index (χ4n) is 4.51. The Balaban J connectivity index is 2.01. The molecule has 1 aromatic carbocycles. The minimum Gasteiger partial charge on any atom is -0.388 e. The Morgan fingerprint density at radius 2 is 2.03 bits per heavy atom. The van der Waals surface area contributed by atoms with E-state index < -0.39 is 18.1 Å². The van der Waals surface area contributed by atoms with E-state index in [4.69, 9.17) is 0 Å². The van der Waals surface area contributed by atoms with Crippen molar-refractivity contribution in [3.05, 3.63) is 68.5 Å². The van der Waals surface area contributed by atoms with E-state index in [1.54, 1.807) is 11.5 Å². The van der Waals surface area contributed by atoms with Crippen LogP contribution in [0.25, 0.3) is 16.5 Å². The van der Waals surface area contributed by atoms with Crippen LogP contribution in [-0.2, 0) is 13.2 Å². The molecule has 1 saturated carbocycles. The molecule has 1 N–H and O–H groups in total. The number of hydrogen-bond acceptors (Lipinski definition) is 4. The van der Waals surface area contributed by atoms with E-state index in [1.165, 1.54) is 16.7 Å². The number of halogens is 1. The summed E-state index contributed by atoms with van der Waals surface area (Å²) in [7, 11) is 0. The maximum Gasteiger partial charge on any atom is 0.350 e. The molecule has 0 radical (unpaired) electrons. The number of aromatic nitrogens is 4. The molecule has 4 rings (SSSR count). The molecule has 0 saturated heterocycles. The van der Waals surface area contributed by atoms with Gasteiger partial charge in [0, 0.05) is 12.7 Å². The molecular weight excluding hydrogens is 399 g/mol. The zero-order valence-corrected chi connectivity index (χ0v) is 18.1. The third kappa shape index (κ3) is 3.35. The first-order valence-electron chi connectivity index (χ1n) is 10.6. The predicted octanol–water partition coefficient (Wildman–Crippen LogP) is 3.40. The van der Waals surface area contributed by atoms with Gasteiger partial charge in [0.1, 0.15) is 18.1 Å². The molecule has 3 aromatic rings. The number of benzene rings is 1. The van der Waals surface area contributed by atoms with Crippen molar-refractivity contribution in [1.82, 2.24) is 18.9 Å². The SMILES string of the molecule is C=C1CCC[C@H]1n1cc(C(C)C)c2cc(-n3nc(CO)n(CC)c3=O)c(F)cc2c1=O. The van der Waals surface area contributed by atoms with Crippen LogP contribution in [-0.4, -0.2) is 24.0 Å². The summed E-state index contributed by atoms with van der Waals surface area (Å²) in [4.78, 5) is 26.0. The van der Waals surface area contributed by atoms with Crippen molar-refractivity contribution in [2.45, 2.75) is 65.1 Å². The molecule has 0 amide bonds. The van der Waals surface area contributed by atoms with Crippen LogP contribution in [0.15, 0.2) is 40.1 Å². The van der Waals surface area contributed by atoms with E-state index in [-0.39, 0.29) is 34.4 Å². The van der Waals surface area contributed by atoms with Crippen molar-refractivity contribution >= 4 is 10.8 Å². The second-order valence-electron chi connectivity index (χ2n) is 8.38. The highest BCUT2D eigenvalue weighted by atomic mass is 19.1. The van der Waals surface area contributed by atoms with Gasteiger partial charge in [-0.1, -0.05) is 26.0 Å². The molecule has 0 aliphatic heterocycles. The molecule has 1 aliphatic rings. The highest BCUT2D eigenvalue weighted by Crippen LogP contribution is 2.35. The zero-order valence-electron chi connectivity index (χ0n) is 18.1. The summed E-state index contributed by atoms with van der Waals surface area (Å²) in [6.45, 7) is 9.76. The van der Waals surface area contributed by atoms with Gasteiger partial charge in [-0.15, -0.1) is 5.10 Å². The van der Waals surface area contributed by atoms with Gasteiger partial charge in [0.05, 0.1) is 11.4 Å². The quantitative estimate of drug-likeness (QED) is 0.634. The van der Waals surface area contributed by atoms with Gasteiger partial charge in [-0.05, 0) is 55.2 Å². The normalized spacial score (nSPS) is 16.7. The lowest BCUT2D eigenvalue weighted by Crippen LogP contribution is -2.26. The van der Waals surface area contributed by atoms with E-state index in [0.29, 0.717) is 11.9 Å². The molecule has 0 bridgehead atoms. The van der Waals surface area contributed by atoms with Crippen molar-refractivity contribution in [1.29, 1.82) is 0 Å². The van der Waals surface area contributed by atoms with Gasteiger partial charge in [0.25, 0.3) is 5.56 Å². The molecule has 1 fully saturated rings. The molecule has 1 atom stereocenters.